The number of nitrogens with one attached hydrogen (secondary N) is 1. The minimum atomic E-state index is -4.35. The Kier molecular flexibility index (Phi) is 5.67. The van der Waals surface area contributed by atoms with Crippen molar-refractivity contribution in [3.63, 3.8) is 0 Å². The second kappa shape index (κ2) is 8.93. The predicted octanol–water partition coefficient (Wildman–Crippen LogP) is 5.55. The van der Waals surface area contributed by atoms with Gasteiger partial charge in [-0.1, -0.05) is 24.3 Å². The first-order valence-electron chi connectivity index (χ1n) is 10.6. The van der Waals surface area contributed by atoms with Gasteiger partial charge in [-0.05, 0) is 59.5 Å². The van der Waals surface area contributed by atoms with Gasteiger partial charge in [0.05, 0.1) is 16.6 Å². The van der Waals surface area contributed by atoms with E-state index in [1.807, 2.05) is 34.9 Å². The number of alkyl halides is 3. The molecule has 0 saturated heterocycles. The van der Waals surface area contributed by atoms with Crippen LogP contribution in [0.3, 0.4) is 0 Å². The zero-order valence-electron chi connectivity index (χ0n) is 17.9. The molecule has 0 spiro atoms. The van der Waals surface area contributed by atoms with Gasteiger partial charge in [0.2, 0.25) is 5.95 Å². The summed E-state index contributed by atoms with van der Waals surface area (Å²) in [6, 6.07) is 17.0. The fourth-order valence-corrected chi connectivity index (χ4v) is 3.71. The minimum Gasteiger partial charge on any atom is -0.354 e. The van der Waals surface area contributed by atoms with E-state index in [0.717, 1.165) is 34.3 Å². The first-order chi connectivity index (χ1) is 16.5. The normalized spacial score (nSPS) is 11.6. The third kappa shape index (κ3) is 4.59. The van der Waals surface area contributed by atoms with Gasteiger partial charge < -0.3 is 5.32 Å². The molecule has 0 amide bonds. The molecule has 0 aliphatic heterocycles. The fourth-order valence-electron chi connectivity index (χ4n) is 3.71. The van der Waals surface area contributed by atoms with Gasteiger partial charge in [0.15, 0.2) is 0 Å². The van der Waals surface area contributed by atoms with Gasteiger partial charge in [0.1, 0.15) is 12.1 Å². The highest BCUT2D eigenvalue weighted by Gasteiger charge is 2.30. The number of anilines is 1. The van der Waals surface area contributed by atoms with Crippen molar-refractivity contribution in [2.45, 2.75) is 12.6 Å². The lowest BCUT2D eigenvalue weighted by atomic mass is 10.1. The van der Waals surface area contributed by atoms with E-state index in [1.165, 1.54) is 6.07 Å². The SMILES string of the molecule is FC(F)(F)c1cccc(CCNc2nccc(-n3cnc4cc(-c5ccncc5)ccc43)n2)c1. The van der Waals surface area contributed by atoms with E-state index in [-0.39, 0.29) is 0 Å². The lowest BCUT2D eigenvalue weighted by Crippen LogP contribution is -2.10. The molecule has 170 valence electrons. The van der Waals surface area contributed by atoms with Crippen LogP contribution in [0.1, 0.15) is 11.1 Å². The Morgan fingerprint density at radius 3 is 2.53 bits per heavy atom. The maximum absolute atomic E-state index is 12.9. The van der Waals surface area contributed by atoms with E-state index in [0.29, 0.717) is 30.3 Å². The third-order valence-corrected chi connectivity index (χ3v) is 5.40. The number of imidazole rings is 1. The summed E-state index contributed by atoms with van der Waals surface area (Å²) < 4.78 is 40.6. The Labute approximate surface area is 193 Å². The van der Waals surface area contributed by atoms with Crippen LogP contribution >= 0.6 is 0 Å². The molecule has 9 heteroatoms. The molecular weight excluding hydrogens is 441 g/mol. The molecule has 0 saturated carbocycles. The lowest BCUT2D eigenvalue weighted by Gasteiger charge is -2.10. The van der Waals surface area contributed by atoms with Crippen LogP contribution < -0.4 is 5.32 Å². The number of rotatable bonds is 6. The average Bonchev–Trinajstić information content (AvgIpc) is 3.28. The molecule has 5 rings (SSSR count). The predicted molar refractivity (Wildman–Crippen MR) is 124 cm³/mol. The van der Waals surface area contributed by atoms with Gasteiger partial charge in [-0.15, -0.1) is 0 Å². The molecule has 2 aromatic carbocycles. The van der Waals surface area contributed by atoms with Crippen LogP contribution in [-0.4, -0.2) is 31.0 Å². The maximum Gasteiger partial charge on any atom is 0.416 e. The summed E-state index contributed by atoms with van der Waals surface area (Å²) in [5, 5.41) is 3.09. The highest BCUT2D eigenvalue weighted by molar-refractivity contribution is 5.83. The Hall–Kier alpha value is -4.27. The first kappa shape index (κ1) is 21.6. The molecule has 6 nitrogen and oxygen atoms in total. The van der Waals surface area contributed by atoms with Crippen molar-refractivity contribution in [2.75, 3.05) is 11.9 Å². The number of hydrogen-bond donors (Lipinski definition) is 1. The minimum absolute atomic E-state index is 0.389. The quantitative estimate of drug-likeness (QED) is 0.360. The summed E-state index contributed by atoms with van der Waals surface area (Å²) in [7, 11) is 0. The molecule has 0 atom stereocenters. The number of hydrogen-bond acceptors (Lipinski definition) is 5. The number of benzene rings is 2. The number of pyridine rings is 1. The van der Waals surface area contributed by atoms with Gasteiger partial charge in [-0.2, -0.15) is 18.2 Å². The van der Waals surface area contributed by atoms with E-state index in [2.05, 4.69) is 25.3 Å². The fraction of sp³-hybridized carbons (Fsp3) is 0.120. The Balaban J connectivity index is 1.31. The molecule has 0 fully saturated rings. The molecule has 0 radical (unpaired) electrons. The van der Waals surface area contributed by atoms with Crippen molar-refractivity contribution >= 4 is 17.0 Å². The third-order valence-electron chi connectivity index (χ3n) is 5.40. The second-order valence-electron chi connectivity index (χ2n) is 7.67. The van der Waals surface area contributed by atoms with E-state index < -0.39 is 11.7 Å². The molecule has 0 unspecified atom stereocenters. The lowest BCUT2D eigenvalue weighted by molar-refractivity contribution is -0.137. The zero-order chi connectivity index (χ0) is 23.5. The number of nitrogens with zero attached hydrogens (tertiary/aromatic N) is 5. The van der Waals surface area contributed by atoms with Crippen LogP contribution in [0.15, 0.2) is 85.6 Å². The Morgan fingerprint density at radius 2 is 1.71 bits per heavy atom. The van der Waals surface area contributed by atoms with Crippen molar-refractivity contribution in [2.24, 2.45) is 0 Å². The van der Waals surface area contributed by atoms with E-state index in [1.54, 1.807) is 37.1 Å². The Morgan fingerprint density at radius 1 is 0.853 bits per heavy atom. The molecule has 1 N–H and O–H groups in total. The van der Waals surface area contributed by atoms with Crippen molar-refractivity contribution in [1.29, 1.82) is 0 Å². The first-order valence-corrected chi connectivity index (χ1v) is 10.6. The smallest absolute Gasteiger partial charge is 0.354 e. The summed E-state index contributed by atoms with van der Waals surface area (Å²) in [6.45, 7) is 0.394. The molecule has 3 aromatic heterocycles. The summed E-state index contributed by atoms with van der Waals surface area (Å²) in [4.78, 5) is 17.3. The van der Waals surface area contributed by atoms with Gasteiger partial charge in [0, 0.05) is 25.1 Å². The maximum atomic E-state index is 12.9. The Bertz CT molecular complexity index is 1430. The summed E-state index contributed by atoms with van der Waals surface area (Å²) in [5.74, 6) is 1.02. The van der Waals surface area contributed by atoms with Gasteiger partial charge in [-0.25, -0.2) is 9.97 Å². The van der Waals surface area contributed by atoms with Crippen LogP contribution in [0.4, 0.5) is 19.1 Å². The van der Waals surface area contributed by atoms with Gasteiger partial charge in [-0.3, -0.25) is 9.55 Å². The van der Waals surface area contributed by atoms with Crippen molar-refractivity contribution < 1.29 is 13.2 Å². The second-order valence-corrected chi connectivity index (χ2v) is 7.67. The molecule has 5 aromatic rings. The highest BCUT2D eigenvalue weighted by Crippen LogP contribution is 2.29. The zero-order valence-corrected chi connectivity index (χ0v) is 17.9. The van der Waals surface area contributed by atoms with Crippen molar-refractivity contribution in [3.8, 4) is 16.9 Å². The monoisotopic (exact) mass is 460 g/mol. The van der Waals surface area contributed by atoms with E-state index >= 15 is 0 Å². The molecule has 0 aliphatic rings. The van der Waals surface area contributed by atoms with Crippen LogP contribution in [-0.2, 0) is 12.6 Å². The van der Waals surface area contributed by atoms with Crippen LogP contribution in [0.25, 0.3) is 28.0 Å². The average molecular weight is 460 g/mol. The van der Waals surface area contributed by atoms with Crippen LogP contribution in [0.2, 0.25) is 0 Å². The number of halogens is 3. The summed E-state index contributed by atoms with van der Waals surface area (Å²) in [6.07, 6.45) is 2.89. The van der Waals surface area contributed by atoms with E-state index in [4.69, 9.17) is 0 Å². The molecule has 34 heavy (non-hydrogen) atoms. The van der Waals surface area contributed by atoms with Gasteiger partial charge >= 0.3 is 6.18 Å². The number of aromatic nitrogens is 5. The van der Waals surface area contributed by atoms with Gasteiger partial charge in [0.25, 0.3) is 0 Å². The summed E-state index contributed by atoms with van der Waals surface area (Å²) in [5.41, 5.74) is 3.75. The largest absolute Gasteiger partial charge is 0.416 e. The molecule has 0 bridgehead atoms. The molecule has 3 heterocycles. The van der Waals surface area contributed by atoms with Crippen molar-refractivity contribution in [1.82, 2.24) is 24.5 Å². The summed E-state index contributed by atoms with van der Waals surface area (Å²) >= 11 is 0. The molecular formula is C25H19F3N6. The van der Waals surface area contributed by atoms with Crippen LogP contribution in [0.5, 0.6) is 0 Å². The van der Waals surface area contributed by atoms with Crippen molar-refractivity contribution in [3.05, 3.63) is 96.7 Å². The number of fused-ring (bicyclic) bond motifs is 1. The van der Waals surface area contributed by atoms with Crippen LogP contribution in [0, 0.1) is 0 Å². The molecule has 0 aliphatic carbocycles. The standard InChI is InChI=1S/C25H19F3N6/c26-25(27,28)20-3-1-2-17(14-20)6-12-30-24-31-13-9-23(33-24)34-16-32-21-15-19(4-5-22(21)34)18-7-10-29-11-8-18/h1-5,7-11,13-16H,6,12H2,(H,30,31,33). The van der Waals surface area contributed by atoms with E-state index in [9.17, 15) is 13.2 Å². The highest BCUT2D eigenvalue weighted by atomic mass is 19.4. The topological polar surface area (TPSA) is 68.5 Å².